The summed E-state index contributed by atoms with van der Waals surface area (Å²) in [7, 11) is 3.08. The summed E-state index contributed by atoms with van der Waals surface area (Å²) in [5, 5.41) is 2.49. The van der Waals surface area contributed by atoms with Gasteiger partial charge in [0.2, 0.25) is 0 Å². The maximum atomic E-state index is 11.6. The molecule has 3 N–H and O–H groups in total. The van der Waals surface area contributed by atoms with E-state index in [2.05, 4.69) is 15.3 Å². The molecule has 0 aliphatic heterocycles. The number of methoxy groups -OCH3 is 1. The number of hydrogen-bond acceptors (Lipinski definition) is 6. The van der Waals surface area contributed by atoms with Crippen LogP contribution in [0, 0.1) is 0 Å². The Morgan fingerprint density at radius 1 is 1.36 bits per heavy atom. The topological polar surface area (TPSA) is 99.4 Å². The number of anilines is 1. The van der Waals surface area contributed by atoms with Crippen molar-refractivity contribution in [2.24, 2.45) is 0 Å². The summed E-state index contributed by atoms with van der Waals surface area (Å²) in [6.07, 6.45) is 1.40. The highest BCUT2D eigenvalue weighted by atomic mass is 16.5. The molecule has 0 spiro atoms. The Bertz CT molecular complexity index is 688. The van der Waals surface area contributed by atoms with Gasteiger partial charge in [0.15, 0.2) is 17.3 Å². The lowest BCUT2D eigenvalue weighted by molar-refractivity contribution is 0.0963. The van der Waals surface area contributed by atoms with Crippen molar-refractivity contribution >= 4 is 11.7 Å². The number of aromatic nitrogens is 2. The number of benzene rings is 1. The Labute approximate surface area is 128 Å². The van der Waals surface area contributed by atoms with Crippen molar-refractivity contribution in [2.75, 3.05) is 26.5 Å². The van der Waals surface area contributed by atoms with E-state index < -0.39 is 0 Å². The molecule has 0 fully saturated rings. The summed E-state index contributed by atoms with van der Waals surface area (Å²) in [5.74, 6) is 1.43. The molecular weight excluding hydrogens is 284 g/mol. The van der Waals surface area contributed by atoms with E-state index in [1.165, 1.54) is 13.2 Å². The molecule has 1 heterocycles. The lowest BCUT2D eigenvalue weighted by Crippen LogP contribution is -2.20. The second-order valence-corrected chi connectivity index (χ2v) is 4.37. The van der Waals surface area contributed by atoms with E-state index in [4.69, 9.17) is 15.2 Å². The van der Waals surface area contributed by atoms with E-state index in [-0.39, 0.29) is 17.3 Å². The van der Waals surface area contributed by atoms with Crippen LogP contribution in [0.5, 0.6) is 11.5 Å². The Morgan fingerprint density at radius 2 is 2.14 bits per heavy atom. The van der Waals surface area contributed by atoms with Gasteiger partial charge < -0.3 is 20.5 Å². The van der Waals surface area contributed by atoms with Gasteiger partial charge in [0.25, 0.3) is 5.91 Å². The minimum absolute atomic E-state index is 0.122. The highest BCUT2D eigenvalue weighted by Crippen LogP contribution is 2.31. The van der Waals surface area contributed by atoms with Crippen LogP contribution in [-0.2, 0) is 0 Å². The molecule has 0 bridgehead atoms. The molecule has 7 nitrogen and oxygen atoms in total. The fourth-order valence-electron chi connectivity index (χ4n) is 1.93. The molecule has 7 heteroatoms. The molecule has 0 radical (unpaired) electrons. The number of nitrogens with zero attached hydrogens (tertiary/aromatic N) is 2. The second-order valence-electron chi connectivity index (χ2n) is 4.37. The van der Waals surface area contributed by atoms with Crippen molar-refractivity contribution in [3.05, 3.63) is 30.0 Å². The second kappa shape index (κ2) is 6.75. The van der Waals surface area contributed by atoms with Crippen molar-refractivity contribution in [1.82, 2.24) is 15.3 Å². The van der Waals surface area contributed by atoms with Gasteiger partial charge >= 0.3 is 0 Å². The maximum absolute atomic E-state index is 11.6. The van der Waals surface area contributed by atoms with E-state index in [0.717, 1.165) is 5.56 Å². The van der Waals surface area contributed by atoms with Gasteiger partial charge in [-0.05, 0) is 25.1 Å². The fourth-order valence-corrected chi connectivity index (χ4v) is 1.93. The average molecular weight is 302 g/mol. The predicted molar refractivity (Wildman–Crippen MR) is 83.0 cm³/mol. The van der Waals surface area contributed by atoms with Crippen molar-refractivity contribution in [2.45, 2.75) is 6.92 Å². The smallest absolute Gasteiger partial charge is 0.256 e. The zero-order chi connectivity index (χ0) is 16.1. The number of rotatable bonds is 5. The van der Waals surface area contributed by atoms with Crippen molar-refractivity contribution < 1.29 is 14.3 Å². The van der Waals surface area contributed by atoms with Crippen molar-refractivity contribution in [3.8, 4) is 22.9 Å². The number of amides is 1. The Balaban J connectivity index is 2.40. The third-order valence-corrected chi connectivity index (χ3v) is 3.01. The number of ether oxygens (including phenoxy) is 2. The first kappa shape index (κ1) is 15.6. The zero-order valence-electron chi connectivity index (χ0n) is 12.7. The predicted octanol–water partition coefficient (Wildman–Crippen LogP) is 1.49. The van der Waals surface area contributed by atoms with Crippen LogP contribution in [0.15, 0.2) is 24.4 Å². The number of nitrogen functional groups attached to an aromatic ring is 1. The summed E-state index contributed by atoms with van der Waals surface area (Å²) in [6, 6.07) is 5.35. The lowest BCUT2D eigenvalue weighted by atomic mass is 10.1. The third kappa shape index (κ3) is 3.08. The summed E-state index contributed by atoms with van der Waals surface area (Å²) in [6.45, 7) is 2.44. The van der Waals surface area contributed by atoms with Gasteiger partial charge in [0.1, 0.15) is 5.82 Å². The average Bonchev–Trinajstić information content (AvgIpc) is 2.54. The molecule has 2 aromatic rings. The minimum atomic E-state index is -0.326. The van der Waals surface area contributed by atoms with Crippen LogP contribution in [0.3, 0.4) is 0 Å². The monoisotopic (exact) mass is 302 g/mol. The number of hydrogen-bond donors (Lipinski definition) is 2. The third-order valence-electron chi connectivity index (χ3n) is 3.01. The van der Waals surface area contributed by atoms with E-state index >= 15 is 0 Å². The number of nitrogens with one attached hydrogen (secondary N) is 1. The first-order valence-corrected chi connectivity index (χ1v) is 6.76. The quantitative estimate of drug-likeness (QED) is 0.868. The van der Waals surface area contributed by atoms with Crippen LogP contribution in [0.4, 0.5) is 5.82 Å². The first-order valence-electron chi connectivity index (χ1n) is 6.76. The molecule has 0 atom stereocenters. The largest absolute Gasteiger partial charge is 0.493 e. The van der Waals surface area contributed by atoms with Crippen LogP contribution in [0.1, 0.15) is 17.3 Å². The maximum Gasteiger partial charge on any atom is 0.256 e. The summed E-state index contributed by atoms with van der Waals surface area (Å²) in [5.41, 5.74) is 6.77. The van der Waals surface area contributed by atoms with Gasteiger partial charge in [0.05, 0.1) is 19.3 Å². The van der Waals surface area contributed by atoms with Gasteiger partial charge in [-0.2, -0.15) is 0 Å². The molecule has 0 aliphatic rings. The normalized spacial score (nSPS) is 10.1. The molecule has 2 rings (SSSR count). The van der Waals surface area contributed by atoms with Gasteiger partial charge in [-0.3, -0.25) is 4.79 Å². The highest BCUT2D eigenvalue weighted by Gasteiger charge is 2.13. The molecule has 116 valence electrons. The van der Waals surface area contributed by atoms with Crippen LogP contribution < -0.4 is 20.5 Å². The van der Waals surface area contributed by atoms with Crippen LogP contribution in [0.25, 0.3) is 11.4 Å². The summed E-state index contributed by atoms with van der Waals surface area (Å²) < 4.78 is 10.8. The van der Waals surface area contributed by atoms with Gasteiger partial charge in [-0.1, -0.05) is 0 Å². The van der Waals surface area contributed by atoms with Crippen molar-refractivity contribution in [1.29, 1.82) is 0 Å². The summed E-state index contributed by atoms with van der Waals surface area (Å²) in [4.78, 5) is 19.9. The molecule has 0 unspecified atom stereocenters. The molecule has 0 saturated heterocycles. The van der Waals surface area contributed by atoms with Crippen molar-refractivity contribution in [3.63, 3.8) is 0 Å². The Morgan fingerprint density at radius 3 is 2.73 bits per heavy atom. The van der Waals surface area contributed by atoms with Gasteiger partial charge in [-0.15, -0.1) is 0 Å². The SMILES string of the molecule is CCOc1ccc(-c2ncc(C(=O)NC)c(N)n2)cc1OC. The molecule has 0 saturated carbocycles. The number of carbonyl (C=O) groups excluding carboxylic acids is 1. The van der Waals surface area contributed by atoms with Crippen LogP contribution >= 0.6 is 0 Å². The number of carbonyl (C=O) groups is 1. The highest BCUT2D eigenvalue weighted by molar-refractivity contribution is 5.98. The van der Waals surface area contributed by atoms with E-state index in [1.807, 2.05) is 13.0 Å². The standard InChI is InChI=1S/C15H18N4O3/c1-4-22-11-6-5-9(7-12(11)21-3)14-18-8-10(13(16)19-14)15(20)17-2/h5-8H,4H2,1-3H3,(H,17,20)(H2,16,18,19). The Hall–Kier alpha value is -2.83. The molecule has 22 heavy (non-hydrogen) atoms. The fraction of sp³-hybridized carbons (Fsp3) is 0.267. The first-order chi connectivity index (χ1) is 10.6. The van der Waals surface area contributed by atoms with Crippen LogP contribution in [0.2, 0.25) is 0 Å². The van der Waals surface area contributed by atoms with E-state index in [1.54, 1.807) is 19.2 Å². The lowest BCUT2D eigenvalue weighted by Gasteiger charge is -2.11. The van der Waals surface area contributed by atoms with Gasteiger partial charge in [-0.25, -0.2) is 9.97 Å². The minimum Gasteiger partial charge on any atom is -0.493 e. The molecule has 1 aromatic heterocycles. The number of nitrogens with two attached hydrogens (primary N) is 1. The molecule has 1 amide bonds. The van der Waals surface area contributed by atoms with Gasteiger partial charge in [0, 0.05) is 18.8 Å². The van der Waals surface area contributed by atoms with Crippen LogP contribution in [-0.4, -0.2) is 36.6 Å². The summed E-state index contributed by atoms with van der Waals surface area (Å²) >= 11 is 0. The van der Waals surface area contributed by atoms with E-state index in [0.29, 0.717) is 23.9 Å². The molecule has 1 aromatic carbocycles. The zero-order valence-corrected chi connectivity index (χ0v) is 12.7. The Kier molecular flexibility index (Phi) is 4.77. The molecule has 0 aliphatic carbocycles. The molecular formula is C15H18N4O3. The van der Waals surface area contributed by atoms with E-state index in [9.17, 15) is 4.79 Å².